The standard InChI is InChI=1S/C28H34N2O11/c1-13(31)24(33)29-16(25(34)35)12-20(32)39-14(2)26(36)40-18-7-8-28(37)19-11-15-5-6-17(38-4)22-21(15)27(28,23(18)41-22)9-10-30(19)3/h5-7,13-14,16,19,23,31,37H,8-12H2,1-4H3,(H,29,33)(H,34,35)/t13-,14-,16-,19-,23-,27-,28+/m0/s1. The SMILES string of the molecule is COc1ccc2c3c1O[C@H]1C(OC(=O)[C@H](C)OC(=O)C[C@H](NC(=O)[C@H](C)O)C(=O)O)=CC[C@@]4(O)[C@H](C2)N(C)CC[C@]314. The van der Waals surface area contributed by atoms with Gasteiger partial charge in [0, 0.05) is 18.0 Å². The van der Waals surface area contributed by atoms with Gasteiger partial charge in [0.05, 0.1) is 24.5 Å². The Bertz CT molecular complexity index is 1330. The molecule has 2 bridgehead atoms. The molecule has 2 heterocycles. The Kier molecular flexibility index (Phi) is 7.24. The van der Waals surface area contributed by atoms with Crippen molar-refractivity contribution in [3.63, 3.8) is 0 Å². The Balaban J connectivity index is 1.35. The second kappa shape index (κ2) is 10.3. The highest BCUT2D eigenvalue weighted by Crippen LogP contribution is 2.65. The molecule has 0 aromatic heterocycles. The summed E-state index contributed by atoms with van der Waals surface area (Å²) in [7, 11) is 3.51. The van der Waals surface area contributed by atoms with E-state index in [0.717, 1.165) is 18.1 Å². The van der Waals surface area contributed by atoms with Gasteiger partial charge in [-0.1, -0.05) is 6.07 Å². The summed E-state index contributed by atoms with van der Waals surface area (Å²) in [6, 6.07) is 1.96. The minimum Gasteiger partial charge on any atom is -0.493 e. The Labute approximate surface area is 236 Å². The fourth-order valence-corrected chi connectivity index (χ4v) is 6.74. The fourth-order valence-electron chi connectivity index (χ4n) is 6.74. The van der Waals surface area contributed by atoms with Gasteiger partial charge < -0.3 is 44.5 Å². The predicted octanol–water partition coefficient (Wildman–Crippen LogP) is -0.212. The van der Waals surface area contributed by atoms with Crippen LogP contribution in [0.1, 0.15) is 44.2 Å². The number of nitrogens with zero attached hydrogens (tertiary/aromatic N) is 1. The van der Waals surface area contributed by atoms with Gasteiger partial charge in [-0.2, -0.15) is 0 Å². The summed E-state index contributed by atoms with van der Waals surface area (Å²) in [5.41, 5.74) is -0.169. The number of ether oxygens (including phenoxy) is 4. The van der Waals surface area contributed by atoms with Crippen molar-refractivity contribution in [3.8, 4) is 11.5 Å². The highest BCUT2D eigenvalue weighted by Gasteiger charge is 2.72. The van der Waals surface area contributed by atoms with Crippen LogP contribution in [0.25, 0.3) is 0 Å². The van der Waals surface area contributed by atoms with E-state index in [-0.39, 0.29) is 18.2 Å². The average Bonchev–Trinajstić information content (AvgIpc) is 3.27. The quantitative estimate of drug-likeness (QED) is 0.285. The van der Waals surface area contributed by atoms with E-state index >= 15 is 0 Å². The van der Waals surface area contributed by atoms with Crippen LogP contribution in [-0.2, 0) is 40.5 Å². The lowest BCUT2D eigenvalue weighted by atomic mass is 9.50. The topological polar surface area (TPSA) is 181 Å². The molecule has 1 aromatic carbocycles. The van der Waals surface area contributed by atoms with Crippen molar-refractivity contribution in [1.82, 2.24) is 10.2 Å². The number of piperidine rings is 1. The van der Waals surface area contributed by atoms with Crippen LogP contribution in [0, 0.1) is 0 Å². The number of likely N-dealkylation sites (tertiary alicyclic amines) is 1. The van der Waals surface area contributed by atoms with E-state index in [1.807, 2.05) is 24.5 Å². The van der Waals surface area contributed by atoms with Crippen LogP contribution in [0.3, 0.4) is 0 Å². The number of likely N-dealkylation sites (N-methyl/N-ethyl adjacent to an activating group) is 1. The monoisotopic (exact) mass is 574 g/mol. The first-order chi connectivity index (χ1) is 19.3. The summed E-state index contributed by atoms with van der Waals surface area (Å²) < 4.78 is 22.8. The molecule has 0 unspecified atom stereocenters. The minimum absolute atomic E-state index is 0.181. The maximum absolute atomic E-state index is 13.1. The van der Waals surface area contributed by atoms with Gasteiger partial charge in [0.25, 0.3) is 0 Å². The molecule has 13 heteroatoms. The molecule has 4 aliphatic rings. The normalized spacial score (nSPS) is 29.6. The summed E-state index contributed by atoms with van der Waals surface area (Å²) >= 11 is 0. The molecule has 1 amide bonds. The Hall–Kier alpha value is -3.68. The molecule has 4 N–H and O–H groups in total. The van der Waals surface area contributed by atoms with E-state index in [9.17, 15) is 34.5 Å². The third kappa shape index (κ3) is 4.43. The van der Waals surface area contributed by atoms with E-state index in [4.69, 9.17) is 18.9 Å². The van der Waals surface area contributed by atoms with Gasteiger partial charge in [-0.15, -0.1) is 0 Å². The molecular weight excluding hydrogens is 540 g/mol. The molecule has 41 heavy (non-hydrogen) atoms. The summed E-state index contributed by atoms with van der Waals surface area (Å²) in [6.45, 7) is 3.11. The van der Waals surface area contributed by atoms with Crippen molar-refractivity contribution in [2.24, 2.45) is 0 Å². The first-order valence-corrected chi connectivity index (χ1v) is 13.5. The number of carboxylic acids is 1. The molecule has 1 fully saturated rings. The average molecular weight is 575 g/mol. The first kappa shape index (κ1) is 28.8. The highest BCUT2D eigenvalue weighted by molar-refractivity contribution is 5.89. The number of benzene rings is 1. The minimum atomic E-state index is -1.66. The number of hydrogen-bond acceptors (Lipinski definition) is 11. The van der Waals surface area contributed by atoms with E-state index in [1.165, 1.54) is 14.0 Å². The van der Waals surface area contributed by atoms with Crippen molar-refractivity contribution < 1.29 is 53.4 Å². The number of rotatable bonds is 9. The lowest BCUT2D eigenvalue weighted by molar-refractivity contribution is -0.175. The number of hydrogen-bond donors (Lipinski definition) is 4. The van der Waals surface area contributed by atoms with Crippen molar-refractivity contribution >= 4 is 23.8 Å². The number of amides is 1. The third-order valence-electron chi connectivity index (χ3n) is 8.78. The number of methoxy groups -OCH3 is 1. The molecule has 7 atom stereocenters. The van der Waals surface area contributed by atoms with Gasteiger partial charge in [0.1, 0.15) is 17.9 Å². The van der Waals surface area contributed by atoms with Crippen molar-refractivity contribution in [2.75, 3.05) is 20.7 Å². The molecule has 1 aromatic rings. The van der Waals surface area contributed by atoms with Crippen LogP contribution < -0.4 is 14.8 Å². The second-order valence-corrected chi connectivity index (χ2v) is 11.1. The smallest absolute Gasteiger partial charge is 0.352 e. The van der Waals surface area contributed by atoms with Crippen molar-refractivity contribution in [3.05, 3.63) is 35.1 Å². The van der Waals surface area contributed by atoms with E-state index < -0.39 is 65.6 Å². The van der Waals surface area contributed by atoms with Crippen LogP contribution in [0.15, 0.2) is 24.0 Å². The number of carbonyl (C=O) groups excluding carboxylic acids is 3. The molecule has 13 nitrogen and oxygen atoms in total. The summed E-state index contributed by atoms with van der Waals surface area (Å²) in [4.78, 5) is 50.8. The zero-order valence-electron chi connectivity index (χ0n) is 23.2. The van der Waals surface area contributed by atoms with Crippen molar-refractivity contribution in [1.29, 1.82) is 0 Å². The fraction of sp³-hybridized carbons (Fsp3) is 0.571. The second-order valence-electron chi connectivity index (χ2n) is 11.1. The molecule has 2 aliphatic heterocycles. The zero-order chi connectivity index (χ0) is 29.9. The van der Waals surface area contributed by atoms with E-state index in [0.29, 0.717) is 30.9 Å². The van der Waals surface area contributed by atoms with Gasteiger partial charge in [0.2, 0.25) is 5.91 Å². The van der Waals surface area contributed by atoms with Crippen LogP contribution in [0.5, 0.6) is 11.5 Å². The number of esters is 2. The van der Waals surface area contributed by atoms with Gasteiger partial charge in [0.15, 0.2) is 23.7 Å². The molecule has 5 rings (SSSR count). The predicted molar refractivity (Wildman–Crippen MR) is 139 cm³/mol. The molecule has 0 radical (unpaired) electrons. The maximum Gasteiger partial charge on any atom is 0.352 e. The number of carboxylic acid groups (broad SMARTS) is 1. The number of nitrogens with one attached hydrogen (secondary N) is 1. The van der Waals surface area contributed by atoms with Crippen LogP contribution in [-0.4, -0.2) is 101 Å². The molecular formula is C28H34N2O11. The largest absolute Gasteiger partial charge is 0.493 e. The van der Waals surface area contributed by atoms with Gasteiger partial charge in [-0.3, -0.25) is 9.59 Å². The van der Waals surface area contributed by atoms with Crippen LogP contribution in [0.4, 0.5) is 0 Å². The number of aliphatic hydroxyl groups is 2. The number of aliphatic carboxylic acids is 1. The molecule has 1 saturated heterocycles. The molecule has 0 saturated carbocycles. The Morgan fingerprint density at radius 3 is 2.63 bits per heavy atom. The van der Waals surface area contributed by atoms with Gasteiger partial charge in [-0.05, 0) is 58.0 Å². The molecule has 1 spiro atoms. The van der Waals surface area contributed by atoms with E-state index in [2.05, 4.69) is 4.90 Å². The highest BCUT2D eigenvalue weighted by atomic mass is 16.6. The summed E-state index contributed by atoms with van der Waals surface area (Å²) in [5, 5.41) is 32.9. The Morgan fingerprint density at radius 2 is 1.98 bits per heavy atom. The van der Waals surface area contributed by atoms with Gasteiger partial charge in [-0.25, -0.2) is 9.59 Å². The number of aliphatic hydroxyl groups excluding tert-OH is 1. The summed E-state index contributed by atoms with van der Waals surface area (Å²) in [5.74, 6) is -3.26. The first-order valence-electron chi connectivity index (χ1n) is 13.5. The lowest BCUT2D eigenvalue weighted by Crippen LogP contribution is -2.74. The van der Waals surface area contributed by atoms with Crippen molar-refractivity contribution in [2.45, 2.75) is 80.9 Å². The lowest BCUT2D eigenvalue weighted by Gasteiger charge is -2.61. The van der Waals surface area contributed by atoms with Crippen LogP contribution >= 0.6 is 0 Å². The van der Waals surface area contributed by atoms with E-state index in [1.54, 1.807) is 6.08 Å². The zero-order valence-corrected chi connectivity index (χ0v) is 23.2. The number of carbonyl (C=O) groups is 4. The third-order valence-corrected chi connectivity index (χ3v) is 8.78. The Morgan fingerprint density at radius 1 is 1.24 bits per heavy atom. The maximum atomic E-state index is 13.1. The van der Waals surface area contributed by atoms with Gasteiger partial charge >= 0.3 is 17.9 Å². The molecule has 2 aliphatic carbocycles. The summed E-state index contributed by atoms with van der Waals surface area (Å²) in [6.07, 6.45) is -1.50. The molecule has 222 valence electrons. The van der Waals surface area contributed by atoms with Crippen LogP contribution in [0.2, 0.25) is 0 Å².